The summed E-state index contributed by atoms with van der Waals surface area (Å²) < 4.78 is 5.64. The van der Waals surface area contributed by atoms with Crippen LogP contribution in [0.15, 0.2) is 59.0 Å². The Bertz CT molecular complexity index is 733. The first-order chi connectivity index (χ1) is 9.65. The minimum Gasteiger partial charge on any atom is -0.453 e. The van der Waals surface area contributed by atoms with E-state index in [9.17, 15) is 4.79 Å². The van der Waals surface area contributed by atoms with Crippen LogP contribution in [0.3, 0.4) is 0 Å². The maximum absolute atomic E-state index is 12.5. The molecule has 2 heteroatoms. The number of ketones is 1. The third kappa shape index (κ3) is 2.25. The molecule has 0 fully saturated rings. The fraction of sp³-hybridized carbons (Fsp3) is 0.167. The van der Waals surface area contributed by atoms with Gasteiger partial charge in [0, 0.05) is 10.9 Å². The molecule has 0 bridgehead atoms. The molecule has 0 saturated heterocycles. The summed E-state index contributed by atoms with van der Waals surface area (Å²) in [5, 5.41) is 0.955. The van der Waals surface area contributed by atoms with Gasteiger partial charge >= 0.3 is 0 Å². The van der Waals surface area contributed by atoms with Gasteiger partial charge in [0.1, 0.15) is 5.58 Å². The number of furan rings is 1. The molecule has 0 unspecified atom stereocenters. The molecule has 1 heterocycles. The van der Waals surface area contributed by atoms with Gasteiger partial charge in [0.25, 0.3) is 0 Å². The number of hydrogen-bond donors (Lipinski definition) is 0. The number of carbonyl (C=O) groups is 1. The van der Waals surface area contributed by atoms with Gasteiger partial charge in [-0.05, 0) is 29.7 Å². The Morgan fingerprint density at radius 2 is 1.80 bits per heavy atom. The first kappa shape index (κ1) is 12.7. The van der Waals surface area contributed by atoms with Crippen molar-refractivity contribution in [2.45, 2.75) is 19.8 Å². The van der Waals surface area contributed by atoms with Crippen molar-refractivity contribution in [3.8, 4) is 0 Å². The largest absolute Gasteiger partial charge is 0.453 e. The standard InChI is InChI=1S/C18H16O2/c1-12(2)13-7-5-8-15(10-13)18(19)17-11-14-6-3-4-9-16(14)20-17/h3-12H,1-2H3. The van der Waals surface area contributed by atoms with Crippen LogP contribution in [0.5, 0.6) is 0 Å². The van der Waals surface area contributed by atoms with Crippen molar-refractivity contribution in [3.05, 3.63) is 71.5 Å². The van der Waals surface area contributed by atoms with E-state index in [4.69, 9.17) is 4.42 Å². The second kappa shape index (κ2) is 4.97. The Kier molecular flexibility index (Phi) is 3.15. The molecular formula is C18H16O2. The van der Waals surface area contributed by atoms with Crippen LogP contribution in [0, 0.1) is 0 Å². The molecule has 3 rings (SSSR count). The van der Waals surface area contributed by atoms with Crippen LogP contribution < -0.4 is 0 Å². The number of hydrogen-bond acceptors (Lipinski definition) is 2. The Labute approximate surface area is 118 Å². The third-order valence-corrected chi connectivity index (χ3v) is 3.46. The molecule has 0 saturated carbocycles. The summed E-state index contributed by atoms with van der Waals surface area (Å²) in [4.78, 5) is 12.5. The Morgan fingerprint density at radius 1 is 1.00 bits per heavy atom. The molecule has 0 N–H and O–H groups in total. The van der Waals surface area contributed by atoms with E-state index < -0.39 is 0 Å². The van der Waals surface area contributed by atoms with E-state index in [1.165, 1.54) is 0 Å². The lowest BCUT2D eigenvalue weighted by Crippen LogP contribution is -2.00. The minimum atomic E-state index is -0.0660. The van der Waals surface area contributed by atoms with Crippen LogP contribution >= 0.6 is 0 Å². The molecule has 100 valence electrons. The highest BCUT2D eigenvalue weighted by Gasteiger charge is 2.15. The average molecular weight is 264 g/mol. The number of fused-ring (bicyclic) bond motifs is 1. The van der Waals surface area contributed by atoms with Gasteiger partial charge in [-0.1, -0.05) is 50.2 Å². The van der Waals surface area contributed by atoms with E-state index in [0.29, 0.717) is 17.2 Å². The highest BCUT2D eigenvalue weighted by Crippen LogP contribution is 2.23. The first-order valence-electron chi connectivity index (χ1n) is 6.78. The topological polar surface area (TPSA) is 30.2 Å². The summed E-state index contributed by atoms with van der Waals surface area (Å²) in [5.74, 6) is 0.731. The fourth-order valence-corrected chi connectivity index (χ4v) is 2.28. The second-order valence-electron chi connectivity index (χ2n) is 5.26. The van der Waals surface area contributed by atoms with E-state index >= 15 is 0 Å². The molecule has 20 heavy (non-hydrogen) atoms. The number of carbonyl (C=O) groups excluding carboxylic acids is 1. The molecule has 0 aliphatic carbocycles. The van der Waals surface area contributed by atoms with Gasteiger partial charge in [0.05, 0.1) is 0 Å². The van der Waals surface area contributed by atoms with E-state index in [-0.39, 0.29) is 5.78 Å². The van der Waals surface area contributed by atoms with Crippen molar-refractivity contribution >= 4 is 16.8 Å². The molecule has 0 radical (unpaired) electrons. The molecule has 2 nitrogen and oxygen atoms in total. The molecular weight excluding hydrogens is 248 g/mol. The Hall–Kier alpha value is -2.35. The molecule has 0 spiro atoms. The average Bonchev–Trinajstić information content (AvgIpc) is 2.90. The molecule has 0 atom stereocenters. The zero-order valence-electron chi connectivity index (χ0n) is 11.6. The molecule has 0 aliphatic heterocycles. The fourth-order valence-electron chi connectivity index (χ4n) is 2.28. The predicted molar refractivity (Wildman–Crippen MR) is 80.2 cm³/mol. The van der Waals surface area contributed by atoms with E-state index in [2.05, 4.69) is 13.8 Å². The zero-order valence-corrected chi connectivity index (χ0v) is 11.6. The highest BCUT2D eigenvalue weighted by atomic mass is 16.3. The summed E-state index contributed by atoms with van der Waals surface area (Å²) in [5.41, 5.74) is 2.58. The van der Waals surface area contributed by atoms with Crippen LogP contribution in [-0.2, 0) is 0 Å². The van der Waals surface area contributed by atoms with Gasteiger partial charge in [0.2, 0.25) is 5.78 Å². The molecule has 0 amide bonds. The maximum Gasteiger partial charge on any atom is 0.228 e. The smallest absolute Gasteiger partial charge is 0.228 e. The summed E-state index contributed by atoms with van der Waals surface area (Å²) in [6, 6.07) is 17.2. The quantitative estimate of drug-likeness (QED) is 0.637. The Balaban J connectivity index is 2.01. The van der Waals surface area contributed by atoms with Crippen molar-refractivity contribution in [3.63, 3.8) is 0 Å². The van der Waals surface area contributed by atoms with Crippen molar-refractivity contribution in [1.29, 1.82) is 0 Å². The van der Waals surface area contributed by atoms with Crippen molar-refractivity contribution < 1.29 is 9.21 Å². The minimum absolute atomic E-state index is 0.0660. The van der Waals surface area contributed by atoms with Crippen LogP contribution in [0.2, 0.25) is 0 Å². The van der Waals surface area contributed by atoms with Gasteiger partial charge < -0.3 is 4.42 Å². The number of para-hydroxylation sites is 1. The van der Waals surface area contributed by atoms with E-state index in [0.717, 1.165) is 16.5 Å². The summed E-state index contributed by atoms with van der Waals surface area (Å²) >= 11 is 0. The lowest BCUT2D eigenvalue weighted by molar-refractivity contribution is 0.101. The van der Waals surface area contributed by atoms with E-state index in [1.807, 2.05) is 48.5 Å². The van der Waals surface area contributed by atoms with Crippen LogP contribution in [-0.4, -0.2) is 5.78 Å². The monoisotopic (exact) mass is 264 g/mol. The van der Waals surface area contributed by atoms with Gasteiger partial charge in [0.15, 0.2) is 5.76 Å². The van der Waals surface area contributed by atoms with Gasteiger partial charge in [-0.3, -0.25) is 4.79 Å². The second-order valence-corrected chi connectivity index (χ2v) is 5.26. The van der Waals surface area contributed by atoms with Crippen LogP contribution in [0.25, 0.3) is 11.0 Å². The lowest BCUT2D eigenvalue weighted by atomic mass is 9.99. The summed E-state index contributed by atoms with van der Waals surface area (Å²) in [6.07, 6.45) is 0. The van der Waals surface area contributed by atoms with Crippen LogP contribution in [0.4, 0.5) is 0 Å². The zero-order chi connectivity index (χ0) is 14.1. The van der Waals surface area contributed by atoms with Crippen molar-refractivity contribution in [2.24, 2.45) is 0 Å². The van der Waals surface area contributed by atoms with Gasteiger partial charge in [-0.2, -0.15) is 0 Å². The molecule has 1 aromatic heterocycles. The van der Waals surface area contributed by atoms with Crippen molar-refractivity contribution in [1.82, 2.24) is 0 Å². The molecule has 2 aromatic carbocycles. The number of benzene rings is 2. The molecule has 3 aromatic rings. The van der Waals surface area contributed by atoms with Gasteiger partial charge in [-0.25, -0.2) is 0 Å². The first-order valence-corrected chi connectivity index (χ1v) is 6.78. The third-order valence-electron chi connectivity index (χ3n) is 3.46. The van der Waals surface area contributed by atoms with Crippen LogP contribution in [0.1, 0.15) is 41.4 Å². The van der Waals surface area contributed by atoms with Gasteiger partial charge in [-0.15, -0.1) is 0 Å². The maximum atomic E-state index is 12.5. The Morgan fingerprint density at radius 3 is 2.55 bits per heavy atom. The summed E-state index contributed by atoms with van der Waals surface area (Å²) in [7, 11) is 0. The highest BCUT2D eigenvalue weighted by molar-refractivity contribution is 6.09. The lowest BCUT2D eigenvalue weighted by Gasteiger charge is -2.06. The SMILES string of the molecule is CC(C)c1cccc(C(=O)c2cc3ccccc3o2)c1. The predicted octanol–water partition coefficient (Wildman–Crippen LogP) is 4.79. The van der Waals surface area contributed by atoms with Crippen molar-refractivity contribution in [2.75, 3.05) is 0 Å². The normalized spacial score (nSPS) is 11.2. The van der Waals surface area contributed by atoms with E-state index in [1.54, 1.807) is 6.07 Å². The summed E-state index contributed by atoms with van der Waals surface area (Å²) in [6.45, 7) is 4.23. The molecule has 0 aliphatic rings. The number of rotatable bonds is 3.